The molecular formula is C19H30N4O5. The van der Waals surface area contributed by atoms with Gasteiger partial charge in [-0.2, -0.15) is 0 Å². The number of amides is 1. The quantitative estimate of drug-likeness (QED) is 0.351. The molecule has 9 heteroatoms. The van der Waals surface area contributed by atoms with Crippen LogP contribution >= 0.6 is 0 Å². The van der Waals surface area contributed by atoms with E-state index >= 15 is 0 Å². The van der Waals surface area contributed by atoms with Crippen LogP contribution in [0, 0.1) is 0 Å². The van der Waals surface area contributed by atoms with Crippen LogP contribution in [0.4, 0.5) is 4.79 Å². The van der Waals surface area contributed by atoms with Crippen molar-refractivity contribution < 1.29 is 23.7 Å². The second kappa shape index (κ2) is 10.5. The molecule has 1 heterocycles. The average Bonchev–Trinajstić information content (AvgIpc) is 3.09. The van der Waals surface area contributed by atoms with Crippen LogP contribution in [-0.2, 0) is 4.74 Å². The maximum absolute atomic E-state index is 11.5. The van der Waals surface area contributed by atoms with E-state index in [1.807, 2.05) is 39.0 Å². The fourth-order valence-electron chi connectivity index (χ4n) is 2.33. The molecule has 0 aliphatic carbocycles. The average molecular weight is 394 g/mol. The van der Waals surface area contributed by atoms with Gasteiger partial charge in [-0.1, -0.05) is 0 Å². The highest BCUT2D eigenvalue weighted by atomic mass is 16.7. The normalized spacial score (nSPS) is 13.1. The van der Waals surface area contributed by atoms with Gasteiger partial charge in [-0.25, -0.2) is 4.79 Å². The summed E-state index contributed by atoms with van der Waals surface area (Å²) in [6, 6.07) is 5.49. The Bertz CT molecular complexity index is 673. The lowest BCUT2D eigenvalue weighted by molar-refractivity contribution is 0.0527. The van der Waals surface area contributed by atoms with Crippen molar-refractivity contribution in [2.75, 3.05) is 40.1 Å². The van der Waals surface area contributed by atoms with Gasteiger partial charge in [-0.05, 0) is 39.3 Å². The molecule has 1 aromatic rings. The molecule has 1 aliphatic rings. The van der Waals surface area contributed by atoms with E-state index in [4.69, 9.17) is 18.9 Å². The molecule has 2 rings (SSSR count). The first kappa shape index (κ1) is 21.5. The first-order valence-electron chi connectivity index (χ1n) is 9.31. The summed E-state index contributed by atoms with van der Waals surface area (Å²) in [5.41, 5.74) is -0.489. The van der Waals surface area contributed by atoms with Crippen molar-refractivity contribution in [3.63, 3.8) is 0 Å². The summed E-state index contributed by atoms with van der Waals surface area (Å²) in [5, 5.41) is 9.07. The molecular weight excluding hydrogens is 364 g/mol. The Morgan fingerprint density at radius 2 is 1.82 bits per heavy atom. The third-order valence-electron chi connectivity index (χ3n) is 3.55. The predicted molar refractivity (Wildman–Crippen MR) is 106 cm³/mol. The number of carbonyl (C=O) groups is 1. The molecule has 0 radical (unpaired) electrons. The van der Waals surface area contributed by atoms with E-state index in [1.54, 1.807) is 7.05 Å². The molecule has 1 aromatic carbocycles. The highest BCUT2D eigenvalue weighted by Crippen LogP contribution is 2.34. The second-order valence-corrected chi connectivity index (χ2v) is 7.07. The van der Waals surface area contributed by atoms with E-state index in [0.29, 0.717) is 38.0 Å². The Balaban J connectivity index is 1.55. The van der Waals surface area contributed by atoms with Gasteiger partial charge in [0.05, 0.1) is 6.54 Å². The lowest BCUT2D eigenvalue weighted by atomic mass is 10.2. The number of nitrogens with one attached hydrogen (secondary N) is 3. The van der Waals surface area contributed by atoms with Gasteiger partial charge in [0.25, 0.3) is 0 Å². The van der Waals surface area contributed by atoms with Gasteiger partial charge in [-0.15, -0.1) is 0 Å². The zero-order valence-corrected chi connectivity index (χ0v) is 17.0. The van der Waals surface area contributed by atoms with Crippen molar-refractivity contribution in [3.05, 3.63) is 18.2 Å². The second-order valence-electron chi connectivity index (χ2n) is 7.07. The minimum atomic E-state index is -0.489. The topological polar surface area (TPSA) is 102 Å². The van der Waals surface area contributed by atoms with Crippen molar-refractivity contribution in [2.24, 2.45) is 4.99 Å². The fraction of sp³-hybridized carbons (Fsp3) is 0.579. The van der Waals surface area contributed by atoms with Crippen molar-refractivity contribution in [1.82, 2.24) is 16.0 Å². The molecule has 0 spiro atoms. The molecule has 1 amide bonds. The third-order valence-corrected chi connectivity index (χ3v) is 3.55. The van der Waals surface area contributed by atoms with Crippen LogP contribution in [0.3, 0.4) is 0 Å². The number of hydrogen-bond donors (Lipinski definition) is 3. The molecule has 0 bridgehead atoms. The van der Waals surface area contributed by atoms with E-state index in [1.165, 1.54) is 0 Å². The Kier molecular flexibility index (Phi) is 8.03. The third kappa shape index (κ3) is 7.81. The van der Waals surface area contributed by atoms with Crippen LogP contribution in [0.15, 0.2) is 23.2 Å². The van der Waals surface area contributed by atoms with Gasteiger partial charge in [0.15, 0.2) is 17.5 Å². The van der Waals surface area contributed by atoms with Gasteiger partial charge >= 0.3 is 6.09 Å². The standard InChI is InChI=1S/C19H30N4O5/c1-19(2,3)28-18(24)23-9-5-8-21-17(20-4)22-10-11-25-14-6-7-15-16(12-14)27-13-26-15/h6-7,12H,5,8-11,13H2,1-4H3,(H,23,24)(H2,20,21,22). The summed E-state index contributed by atoms with van der Waals surface area (Å²) in [4.78, 5) is 15.7. The van der Waals surface area contributed by atoms with Crippen LogP contribution in [0.1, 0.15) is 27.2 Å². The molecule has 0 saturated carbocycles. The lowest BCUT2D eigenvalue weighted by Crippen LogP contribution is -2.40. The van der Waals surface area contributed by atoms with Crippen LogP contribution in [0.25, 0.3) is 0 Å². The number of carbonyl (C=O) groups excluding carboxylic acids is 1. The number of hydrogen-bond acceptors (Lipinski definition) is 6. The SMILES string of the molecule is CN=C(NCCCNC(=O)OC(C)(C)C)NCCOc1ccc2c(c1)OCO2. The predicted octanol–water partition coefficient (Wildman–Crippen LogP) is 1.87. The zero-order valence-electron chi connectivity index (χ0n) is 17.0. The Hall–Kier alpha value is -2.84. The number of fused-ring (bicyclic) bond motifs is 1. The maximum atomic E-state index is 11.5. The summed E-state index contributed by atoms with van der Waals surface area (Å²) in [6.07, 6.45) is 0.337. The molecule has 0 aromatic heterocycles. The zero-order chi connectivity index (χ0) is 20.4. The summed E-state index contributed by atoms with van der Waals surface area (Å²) < 4.78 is 21.5. The number of aliphatic imine (C=N–C) groups is 1. The van der Waals surface area contributed by atoms with Crippen LogP contribution < -0.4 is 30.2 Å². The highest BCUT2D eigenvalue weighted by Gasteiger charge is 2.15. The molecule has 156 valence electrons. The number of rotatable bonds is 8. The molecule has 9 nitrogen and oxygen atoms in total. The lowest BCUT2D eigenvalue weighted by Gasteiger charge is -2.19. The maximum Gasteiger partial charge on any atom is 0.407 e. The number of nitrogens with zero attached hydrogens (tertiary/aromatic N) is 1. The minimum Gasteiger partial charge on any atom is -0.492 e. The monoisotopic (exact) mass is 394 g/mol. The molecule has 0 saturated heterocycles. The molecule has 0 atom stereocenters. The fourth-order valence-corrected chi connectivity index (χ4v) is 2.33. The van der Waals surface area contributed by atoms with E-state index in [2.05, 4.69) is 20.9 Å². The van der Waals surface area contributed by atoms with Gasteiger partial charge in [0, 0.05) is 26.2 Å². The summed E-state index contributed by atoms with van der Waals surface area (Å²) in [7, 11) is 1.70. The van der Waals surface area contributed by atoms with Crippen LogP contribution in [-0.4, -0.2) is 57.7 Å². The van der Waals surface area contributed by atoms with Crippen molar-refractivity contribution in [3.8, 4) is 17.2 Å². The first-order valence-corrected chi connectivity index (χ1v) is 9.31. The van der Waals surface area contributed by atoms with Gasteiger partial charge < -0.3 is 34.9 Å². The molecule has 28 heavy (non-hydrogen) atoms. The first-order chi connectivity index (χ1) is 13.4. The number of alkyl carbamates (subject to hydrolysis) is 1. The molecule has 1 aliphatic heterocycles. The highest BCUT2D eigenvalue weighted by molar-refractivity contribution is 5.79. The molecule has 0 fully saturated rings. The number of guanidine groups is 1. The van der Waals surface area contributed by atoms with Crippen molar-refractivity contribution >= 4 is 12.1 Å². The van der Waals surface area contributed by atoms with E-state index in [9.17, 15) is 4.79 Å². The largest absolute Gasteiger partial charge is 0.492 e. The van der Waals surface area contributed by atoms with E-state index in [0.717, 1.165) is 17.9 Å². The van der Waals surface area contributed by atoms with Gasteiger partial charge in [0.2, 0.25) is 6.79 Å². The Labute approximate surface area is 165 Å². The summed E-state index contributed by atoms with van der Waals surface area (Å²) >= 11 is 0. The Morgan fingerprint density at radius 1 is 1.11 bits per heavy atom. The van der Waals surface area contributed by atoms with Gasteiger partial charge in [-0.3, -0.25) is 4.99 Å². The van der Waals surface area contributed by atoms with E-state index < -0.39 is 11.7 Å². The van der Waals surface area contributed by atoms with Crippen molar-refractivity contribution in [1.29, 1.82) is 0 Å². The Morgan fingerprint density at radius 3 is 2.57 bits per heavy atom. The van der Waals surface area contributed by atoms with Gasteiger partial charge in [0.1, 0.15) is 18.0 Å². The van der Waals surface area contributed by atoms with Crippen LogP contribution in [0.2, 0.25) is 0 Å². The number of benzene rings is 1. The van der Waals surface area contributed by atoms with E-state index in [-0.39, 0.29) is 6.79 Å². The molecule has 0 unspecified atom stereocenters. The smallest absolute Gasteiger partial charge is 0.407 e. The number of ether oxygens (including phenoxy) is 4. The minimum absolute atomic E-state index is 0.246. The summed E-state index contributed by atoms with van der Waals surface area (Å²) in [6.45, 7) is 7.99. The van der Waals surface area contributed by atoms with Crippen LogP contribution in [0.5, 0.6) is 17.2 Å². The van der Waals surface area contributed by atoms with Crippen molar-refractivity contribution in [2.45, 2.75) is 32.8 Å². The summed E-state index contributed by atoms with van der Waals surface area (Å²) in [5.74, 6) is 2.83. The molecule has 3 N–H and O–H groups in total.